The molecule has 3 fully saturated rings. The second kappa shape index (κ2) is 12.2. The molecule has 6 rings (SSSR count). The first-order valence-corrected chi connectivity index (χ1v) is 15.1. The van der Waals surface area contributed by atoms with Crippen LogP contribution in [0.5, 0.6) is 0 Å². The quantitative estimate of drug-likeness (QED) is 0.479. The molecule has 3 aliphatic rings. The minimum Gasteiger partial charge on any atom is -0.381 e. The molecular weight excluding hydrogens is 502 g/mol. The molecule has 0 amide bonds. The van der Waals surface area contributed by atoms with Crippen LogP contribution < -0.4 is 11.0 Å². The van der Waals surface area contributed by atoms with Crippen LogP contribution >= 0.6 is 0 Å². The van der Waals surface area contributed by atoms with Crippen molar-refractivity contribution in [3.05, 3.63) is 58.8 Å². The summed E-state index contributed by atoms with van der Waals surface area (Å²) in [6.07, 6.45) is 10.1. The highest BCUT2D eigenvalue weighted by molar-refractivity contribution is 5.59. The van der Waals surface area contributed by atoms with Gasteiger partial charge in [-0.15, -0.1) is 0 Å². The molecule has 2 saturated heterocycles. The molecule has 9 heteroatoms. The minimum atomic E-state index is -0.0290. The van der Waals surface area contributed by atoms with E-state index in [9.17, 15) is 4.79 Å². The lowest BCUT2D eigenvalue weighted by Crippen LogP contribution is -2.51. The molecule has 2 aliphatic heterocycles. The van der Waals surface area contributed by atoms with Gasteiger partial charge in [0.05, 0.1) is 17.1 Å². The number of aromatic nitrogens is 4. The highest BCUT2D eigenvalue weighted by Gasteiger charge is 2.29. The summed E-state index contributed by atoms with van der Waals surface area (Å²) in [6, 6.07) is 11.2. The van der Waals surface area contributed by atoms with Gasteiger partial charge >= 0.3 is 5.69 Å². The van der Waals surface area contributed by atoms with Crippen LogP contribution in [0.3, 0.4) is 0 Å². The lowest BCUT2D eigenvalue weighted by molar-refractivity contribution is 0.0686. The van der Waals surface area contributed by atoms with Crippen molar-refractivity contribution in [2.24, 2.45) is 0 Å². The van der Waals surface area contributed by atoms with E-state index in [0.29, 0.717) is 31.2 Å². The monoisotopic (exact) mass is 545 g/mol. The summed E-state index contributed by atoms with van der Waals surface area (Å²) in [5.41, 5.74) is 3.49. The molecule has 3 aromatic rings. The average Bonchev–Trinajstić information content (AvgIpc) is 3.35. The van der Waals surface area contributed by atoms with Crippen molar-refractivity contribution < 1.29 is 4.74 Å². The predicted octanol–water partition coefficient (Wildman–Crippen LogP) is 4.12. The number of nitrogens with zero attached hydrogens (tertiary/aromatic N) is 6. The van der Waals surface area contributed by atoms with Gasteiger partial charge in [0.25, 0.3) is 0 Å². The van der Waals surface area contributed by atoms with E-state index in [-0.39, 0.29) is 11.7 Å². The number of imidazole rings is 1. The number of rotatable bonds is 7. The summed E-state index contributed by atoms with van der Waals surface area (Å²) in [5, 5.41) is 3.62. The van der Waals surface area contributed by atoms with Gasteiger partial charge in [0.2, 0.25) is 5.95 Å². The first kappa shape index (κ1) is 27.2. The van der Waals surface area contributed by atoms with Crippen LogP contribution in [0.2, 0.25) is 0 Å². The van der Waals surface area contributed by atoms with Gasteiger partial charge in [-0.2, -0.15) is 0 Å². The van der Waals surface area contributed by atoms with Crippen LogP contribution in [0.25, 0.3) is 17.1 Å². The van der Waals surface area contributed by atoms with E-state index in [0.717, 1.165) is 54.9 Å². The zero-order chi connectivity index (χ0) is 27.5. The molecule has 0 radical (unpaired) electrons. The third kappa shape index (κ3) is 5.87. The Morgan fingerprint density at radius 3 is 2.48 bits per heavy atom. The largest absolute Gasteiger partial charge is 0.381 e. The standard InChI is InChI=1S/C31H43N7O2/c1-3-35-15-17-36(18-16-35)25-9-7-24(8-10-25)33-30-32-14-11-28(34-30)29-22-37(26-12-19-40-20-13-26)31(39)38(29)27-6-4-5-23(2)21-27/h4-6,11,14,21-22,24-26H,3,7-10,12-13,15-20H2,1-2H3,(H,32,33,34). The number of aryl methyl sites for hydroxylation is 1. The van der Waals surface area contributed by atoms with Crippen molar-refractivity contribution in [3.63, 3.8) is 0 Å². The summed E-state index contributed by atoms with van der Waals surface area (Å²) in [5.74, 6) is 0.638. The fraction of sp³-hybridized carbons (Fsp3) is 0.581. The molecule has 1 N–H and O–H groups in total. The average molecular weight is 546 g/mol. The Morgan fingerprint density at radius 2 is 1.75 bits per heavy atom. The van der Waals surface area contributed by atoms with Crippen molar-refractivity contribution >= 4 is 5.95 Å². The van der Waals surface area contributed by atoms with Crippen molar-refractivity contribution in [2.45, 2.75) is 70.5 Å². The molecule has 0 unspecified atom stereocenters. The van der Waals surface area contributed by atoms with Gasteiger partial charge in [-0.3, -0.25) is 14.0 Å². The van der Waals surface area contributed by atoms with E-state index >= 15 is 0 Å². The Kier molecular flexibility index (Phi) is 8.32. The van der Waals surface area contributed by atoms with Gasteiger partial charge in [0, 0.05) is 69.9 Å². The zero-order valence-corrected chi connectivity index (χ0v) is 24.0. The smallest absolute Gasteiger partial charge is 0.333 e. The van der Waals surface area contributed by atoms with Gasteiger partial charge in [-0.1, -0.05) is 19.1 Å². The van der Waals surface area contributed by atoms with Gasteiger partial charge in [0.1, 0.15) is 0 Å². The summed E-state index contributed by atoms with van der Waals surface area (Å²) >= 11 is 0. The van der Waals surface area contributed by atoms with E-state index < -0.39 is 0 Å². The molecule has 1 aromatic carbocycles. The lowest BCUT2D eigenvalue weighted by atomic mass is 9.90. The first-order chi connectivity index (χ1) is 19.6. The Bertz CT molecular complexity index is 1330. The molecule has 214 valence electrons. The summed E-state index contributed by atoms with van der Waals surface area (Å²) < 4.78 is 9.25. The molecule has 0 bridgehead atoms. The number of hydrogen-bond donors (Lipinski definition) is 1. The van der Waals surface area contributed by atoms with Crippen molar-refractivity contribution in [1.82, 2.24) is 28.9 Å². The molecule has 4 heterocycles. The van der Waals surface area contributed by atoms with Crippen LogP contribution in [-0.2, 0) is 4.74 Å². The molecule has 40 heavy (non-hydrogen) atoms. The van der Waals surface area contributed by atoms with Gasteiger partial charge in [-0.25, -0.2) is 14.8 Å². The van der Waals surface area contributed by atoms with Crippen LogP contribution in [-0.4, -0.2) is 86.9 Å². The van der Waals surface area contributed by atoms with Crippen molar-refractivity contribution in [1.29, 1.82) is 0 Å². The third-order valence-electron chi connectivity index (χ3n) is 9.08. The van der Waals surface area contributed by atoms with E-state index in [2.05, 4.69) is 46.1 Å². The fourth-order valence-corrected chi connectivity index (χ4v) is 6.67. The highest BCUT2D eigenvalue weighted by Crippen LogP contribution is 2.28. The maximum atomic E-state index is 13.8. The van der Waals surface area contributed by atoms with Gasteiger partial charge < -0.3 is 15.0 Å². The molecule has 0 atom stereocenters. The van der Waals surface area contributed by atoms with Crippen LogP contribution in [0.4, 0.5) is 5.95 Å². The van der Waals surface area contributed by atoms with Crippen molar-refractivity contribution in [2.75, 3.05) is 51.3 Å². The third-order valence-corrected chi connectivity index (χ3v) is 9.08. The molecule has 0 spiro atoms. The number of piperazine rings is 1. The second-order valence-corrected chi connectivity index (χ2v) is 11.6. The number of ether oxygens (including phenoxy) is 1. The van der Waals surface area contributed by atoms with Crippen LogP contribution in [0, 0.1) is 6.92 Å². The Labute approximate surface area is 237 Å². The molecule has 9 nitrogen and oxygen atoms in total. The maximum absolute atomic E-state index is 13.8. The summed E-state index contributed by atoms with van der Waals surface area (Å²) in [4.78, 5) is 28.5. The fourth-order valence-electron chi connectivity index (χ4n) is 6.67. The zero-order valence-electron chi connectivity index (χ0n) is 24.0. The number of benzene rings is 1. The Morgan fingerprint density at radius 1 is 0.975 bits per heavy atom. The molecular formula is C31H43N7O2. The van der Waals surface area contributed by atoms with Gasteiger partial charge in [0.15, 0.2) is 0 Å². The van der Waals surface area contributed by atoms with Crippen LogP contribution in [0.15, 0.2) is 47.5 Å². The number of likely N-dealkylation sites (N-methyl/N-ethyl adjacent to an activating group) is 1. The van der Waals surface area contributed by atoms with E-state index in [1.807, 2.05) is 29.0 Å². The summed E-state index contributed by atoms with van der Waals surface area (Å²) in [7, 11) is 0. The molecule has 2 aromatic heterocycles. The molecule has 1 saturated carbocycles. The minimum absolute atomic E-state index is 0.0290. The van der Waals surface area contributed by atoms with E-state index in [1.165, 1.54) is 39.0 Å². The first-order valence-electron chi connectivity index (χ1n) is 15.1. The number of anilines is 1. The summed E-state index contributed by atoms with van der Waals surface area (Å²) in [6.45, 7) is 11.6. The number of hydrogen-bond acceptors (Lipinski definition) is 7. The van der Waals surface area contributed by atoms with Crippen molar-refractivity contribution in [3.8, 4) is 17.1 Å². The predicted molar refractivity (Wildman–Crippen MR) is 158 cm³/mol. The van der Waals surface area contributed by atoms with E-state index in [1.54, 1.807) is 10.8 Å². The topological polar surface area (TPSA) is 80.5 Å². The molecule has 1 aliphatic carbocycles. The highest BCUT2D eigenvalue weighted by atomic mass is 16.5. The Balaban J connectivity index is 1.20. The SMILES string of the molecule is CCN1CCN(C2CCC(Nc3nccc(-c4cn(C5CCOCC5)c(=O)n4-c4cccc(C)c4)n3)CC2)CC1. The second-order valence-electron chi connectivity index (χ2n) is 11.6. The maximum Gasteiger partial charge on any atom is 0.333 e. The normalized spacial score (nSPS) is 23.4. The lowest BCUT2D eigenvalue weighted by Gasteiger charge is -2.41. The number of nitrogens with one attached hydrogen (secondary N) is 1. The van der Waals surface area contributed by atoms with E-state index in [4.69, 9.17) is 9.72 Å². The van der Waals surface area contributed by atoms with Crippen LogP contribution in [0.1, 0.15) is 57.1 Å². The van der Waals surface area contributed by atoms with Gasteiger partial charge in [-0.05, 0) is 75.8 Å². The Hall–Kier alpha value is -3.01.